The van der Waals surface area contributed by atoms with Crippen LogP contribution in [0.4, 0.5) is 0 Å². The molecule has 0 radical (unpaired) electrons. The smallest absolute Gasteiger partial charge is 0.170 e. The molecule has 0 aromatic carbocycles. The molecule has 0 atom stereocenters. The molecule has 0 aliphatic carbocycles. The van der Waals surface area contributed by atoms with Crippen LogP contribution in [-0.2, 0) is 5.60 Å². The molecule has 0 spiro atoms. The summed E-state index contributed by atoms with van der Waals surface area (Å²) in [6, 6.07) is 3.62. The van der Waals surface area contributed by atoms with E-state index >= 15 is 0 Å². The van der Waals surface area contributed by atoms with Gasteiger partial charge in [-0.3, -0.25) is 4.79 Å². The molecule has 2 heterocycles. The number of carbonyl (C=O) groups is 1. The molecule has 0 aliphatic rings. The van der Waals surface area contributed by atoms with Crippen LogP contribution in [0.2, 0.25) is 0 Å². The summed E-state index contributed by atoms with van der Waals surface area (Å²) in [6.45, 7) is 5.26. The van der Waals surface area contributed by atoms with Crippen LogP contribution >= 0.6 is 0 Å². The van der Waals surface area contributed by atoms with Crippen molar-refractivity contribution < 1.29 is 9.90 Å². The second-order valence-corrected chi connectivity index (χ2v) is 4.39. The molecule has 0 bridgehead atoms. The van der Waals surface area contributed by atoms with Crippen LogP contribution in [0.15, 0.2) is 18.3 Å². The normalized spacial score (nSPS) is 12.0. The summed E-state index contributed by atoms with van der Waals surface area (Å²) in [4.78, 5) is 15.0. The van der Waals surface area contributed by atoms with Crippen molar-refractivity contribution in [2.24, 2.45) is 0 Å². The average Bonchev–Trinajstić information content (AvgIpc) is 2.54. The first-order chi connectivity index (χ1) is 7.43. The maximum atomic E-state index is 10.9. The van der Waals surface area contributed by atoms with Gasteiger partial charge in [-0.05, 0) is 38.5 Å². The Balaban J connectivity index is 2.74. The van der Waals surface area contributed by atoms with E-state index in [0.717, 1.165) is 23.2 Å². The first kappa shape index (κ1) is 10.8. The summed E-state index contributed by atoms with van der Waals surface area (Å²) >= 11 is 0. The van der Waals surface area contributed by atoms with Gasteiger partial charge in [0.15, 0.2) is 6.29 Å². The molecule has 2 aromatic heterocycles. The van der Waals surface area contributed by atoms with E-state index in [1.165, 1.54) is 0 Å². The number of hydrogen-bond acceptors (Lipinski definition) is 3. The van der Waals surface area contributed by atoms with Crippen LogP contribution in [0.25, 0.3) is 5.52 Å². The van der Waals surface area contributed by atoms with Gasteiger partial charge in [-0.2, -0.15) is 0 Å². The summed E-state index contributed by atoms with van der Waals surface area (Å²) in [7, 11) is 0. The van der Waals surface area contributed by atoms with E-state index in [4.69, 9.17) is 0 Å². The molecule has 2 rings (SSSR count). The molecule has 4 heteroatoms. The fourth-order valence-electron chi connectivity index (χ4n) is 1.73. The van der Waals surface area contributed by atoms with Crippen LogP contribution in [0, 0.1) is 6.92 Å². The first-order valence-electron chi connectivity index (χ1n) is 5.10. The quantitative estimate of drug-likeness (QED) is 0.780. The maximum Gasteiger partial charge on any atom is 0.170 e. The van der Waals surface area contributed by atoms with Gasteiger partial charge in [-0.1, -0.05) is 0 Å². The number of aldehydes is 1. The van der Waals surface area contributed by atoms with E-state index in [-0.39, 0.29) is 0 Å². The van der Waals surface area contributed by atoms with E-state index in [0.29, 0.717) is 5.69 Å². The SMILES string of the molecule is Cc1nc(C=O)c2cc(C(C)(C)O)ccn12. The molecule has 0 aliphatic heterocycles. The van der Waals surface area contributed by atoms with Gasteiger partial charge >= 0.3 is 0 Å². The minimum atomic E-state index is -0.917. The minimum Gasteiger partial charge on any atom is -0.386 e. The number of aromatic nitrogens is 2. The number of hydrogen-bond donors (Lipinski definition) is 1. The highest BCUT2D eigenvalue weighted by atomic mass is 16.3. The number of carbonyl (C=O) groups excluding carboxylic acids is 1. The Morgan fingerprint density at radius 3 is 2.75 bits per heavy atom. The molecule has 0 fully saturated rings. The van der Waals surface area contributed by atoms with Crippen molar-refractivity contribution >= 4 is 11.8 Å². The van der Waals surface area contributed by atoms with Gasteiger partial charge in [0.1, 0.15) is 11.5 Å². The van der Waals surface area contributed by atoms with Gasteiger partial charge in [0, 0.05) is 6.20 Å². The minimum absolute atomic E-state index is 0.406. The number of imidazole rings is 1. The van der Waals surface area contributed by atoms with Crippen molar-refractivity contribution in [1.29, 1.82) is 0 Å². The number of fused-ring (bicyclic) bond motifs is 1. The largest absolute Gasteiger partial charge is 0.386 e. The zero-order chi connectivity index (χ0) is 11.9. The van der Waals surface area contributed by atoms with E-state index in [2.05, 4.69) is 4.98 Å². The molecule has 0 saturated carbocycles. The molecule has 0 unspecified atom stereocenters. The van der Waals surface area contributed by atoms with Crippen molar-refractivity contribution in [3.8, 4) is 0 Å². The Morgan fingerprint density at radius 2 is 2.19 bits per heavy atom. The van der Waals surface area contributed by atoms with E-state index < -0.39 is 5.60 Å². The monoisotopic (exact) mass is 218 g/mol. The van der Waals surface area contributed by atoms with E-state index in [9.17, 15) is 9.90 Å². The molecule has 4 nitrogen and oxygen atoms in total. The Labute approximate surface area is 93.5 Å². The van der Waals surface area contributed by atoms with Gasteiger partial charge in [0.25, 0.3) is 0 Å². The van der Waals surface area contributed by atoms with Gasteiger partial charge in [0.2, 0.25) is 0 Å². The predicted octanol–water partition coefficient (Wildman–Crippen LogP) is 1.68. The number of rotatable bonds is 2. The number of nitrogens with zero attached hydrogens (tertiary/aromatic N) is 2. The lowest BCUT2D eigenvalue weighted by atomic mass is 9.99. The third-order valence-electron chi connectivity index (χ3n) is 2.67. The molecule has 0 amide bonds. The lowest BCUT2D eigenvalue weighted by Gasteiger charge is -2.17. The summed E-state index contributed by atoms with van der Waals surface area (Å²) in [5.41, 5.74) is 0.985. The lowest BCUT2D eigenvalue weighted by Crippen LogP contribution is -2.15. The summed E-state index contributed by atoms with van der Waals surface area (Å²) in [5.74, 6) is 0.763. The van der Waals surface area contributed by atoms with Gasteiger partial charge in [0.05, 0.1) is 11.1 Å². The standard InChI is InChI=1S/C12H14N2O2/c1-8-13-10(7-15)11-6-9(12(2,3)16)4-5-14(8)11/h4-7,16H,1-3H3. The topological polar surface area (TPSA) is 54.6 Å². The Morgan fingerprint density at radius 1 is 1.50 bits per heavy atom. The highest BCUT2D eigenvalue weighted by Gasteiger charge is 2.17. The van der Waals surface area contributed by atoms with Crippen LogP contribution in [0.5, 0.6) is 0 Å². The second-order valence-electron chi connectivity index (χ2n) is 4.39. The summed E-state index contributed by atoms with van der Waals surface area (Å²) in [6.07, 6.45) is 2.55. The van der Waals surface area contributed by atoms with Crippen molar-refractivity contribution in [1.82, 2.24) is 9.38 Å². The zero-order valence-corrected chi connectivity index (χ0v) is 9.56. The van der Waals surface area contributed by atoms with Gasteiger partial charge in [-0.25, -0.2) is 4.98 Å². The molecule has 0 saturated heterocycles. The van der Waals surface area contributed by atoms with Gasteiger partial charge in [-0.15, -0.1) is 0 Å². The van der Waals surface area contributed by atoms with Crippen molar-refractivity contribution in [2.75, 3.05) is 0 Å². The van der Waals surface area contributed by atoms with Crippen molar-refractivity contribution in [2.45, 2.75) is 26.4 Å². The van der Waals surface area contributed by atoms with E-state index in [1.54, 1.807) is 19.9 Å². The molecular weight excluding hydrogens is 204 g/mol. The van der Waals surface area contributed by atoms with Crippen LogP contribution in [-0.4, -0.2) is 20.8 Å². The molecule has 2 aromatic rings. The number of aryl methyl sites for hydroxylation is 1. The van der Waals surface area contributed by atoms with Crippen molar-refractivity contribution in [3.63, 3.8) is 0 Å². The maximum absolute atomic E-state index is 10.9. The Kier molecular flexibility index (Phi) is 2.31. The number of aliphatic hydroxyl groups is 1. The molecule has 1 N–H and O–H groups in total. The zero-order valence-electron chi connectivity index (χ0n) is 9.56. The van der Waals surface area contributed by atoms with E-state index in [1.807, 2.05) is 23.6 Å². The fraction of sp³-hybridized carbons (Fsp3) is 0.333. The molecule has 84 valence electrons. The number of pyridine rings is 1. The van der Waals surface area contributed by atoms with Crippen molar-refractivity contribution in [3.05, 3.63) is 35.4 Å². The third-order valence-corrected chi connectivity index (χ3v) is 2.67. The fourth-order valence-corrected chi connectivity index (χ4v) is 1.73. The first-order valence-corrected chi connectivity index (χ1v) is 5.10. The van der Waals surface area contributed by atoms with Crippen LogP contribution in [0.1, 0.15) is 35.7 Å². The summed E-state index contributed by atoms with van der Waals surface area (Å²) < 4.78 is 1.83. The average molecular weight is 218 g/mol. The Bertz CT molecular complexity index is 550. The van der Waals surface area contributed by atoms with Crippen LogP contribution in [0.3, 0.4) is 0 Å². The lowest BCUT2D eigenvalue weighted by molar-refractivity contribution is 0.0786. The third kappa shape index (κ3) is 1.61. The highest BCUT2D eigenvalue weighted by Crippen LogP contribution is 2.22. The molecule has 16 heavy (non-hydrogen) atoms. The van der Waals surface area contributed by atoms with Crippen LogP contribution < -0.4 is 0 Å². The second kappa shape index (κ2) is 3.42. The summed E-state index contributed by atoms with van der Waals surface area (Å²) in [5, 5.41) is 9.90. The molecular formula is C12H14N2O2. The predicted molar refractivity (Wildman–Crippen MR) is 60.6 cm³/mol. The van der Waals surface area contributed by atoms with Gasteiger partial charge < -0.3 is 9.51 Å². The highest BCUT2D eigenvalue weighted by molar-refractivity contribution is 5.84. The Hall–Kier alpha value is -1.68.